The van der Waals surface area contributed by atoms with Crippen molar-refractivity contribution in [1.82, 2.24) is 10.4 Å². The Morgan fingerprint density at radius 2 is 1.91 bits per heavy atom. The quantitative estimate of drug-likeness (QED) is 0.393. The summed E-state index contributed by atoms with van der Waals surface area (Å²) in [5.74, 6) is 4.78. The van der Waals surface area contributed by atoms with E-state index >= 15 is 0 Å². The minimum atomic E-state index is -0.403. The lowest BCUT2D eigenvalue weighted by atomic mass is 9.94. The number of hydrogen-bond acceptors (Lipinski definition) is 3. The van der Waals surface area contributed by atoms with E-state index in [1.54, 1.807) is 0 Å². The molecule has 0 atom stereocenters. The number of hydrogen-bond donors (Lipinski definition) is 3. The zero-order valence-electron chi connectivity index (χ0n) is 12.7. The van der Waals surface area contributed by atoms with Crippen LogP contribution in [-0.4, -0.2) is 10.9 Å². The maximum Gasteiger partial charge on any atom is 0.252 e. The van der Waals surface area contributed by atoms with E-state index in [2.05, 4.69) is 10.4 Å². The summed E-state index contributed by atoms with van der Waals surface area (Å²) < 4.78 is 0. The van der Waals surface area contributed by atoms with Gasteiger partial charge in [-0.1, -0.05) is 42.0 Å². The molecular formula is C18H17N3O2. The third-order valence-electron chi connectivity index (χ3n) is 3.83. The predicted molar refractivity (Wildman–Crippen MR) is 90.8 cm³/mol. The molecule has 0 aliphatic heterocycles. The molecule has 3 aromatic rings. The van der Waals surface area contributed by atoms with Crippen LogP contribution in [-0.2, 0) is 11.2 Å². The molecule has 23 heavy (non-hydrogen) atoms. The van der Waals surface area contributed by atoms with Gasteiger partial charge in [-0.25, -0.2) is 5.84 Å². The number of carbonyl (C=O) groups is 1. The molecule has 0 fully saturated rings. The van der Waals surface area contributed by atoms with E-state index in [1.807, 2.05) is 55.5 Å². The van der Waals surface area contributed by atoms with Crippen molar-refractivity contribution in [3.63, 3.8) is 0 Å². The average molecular weight is 307 g/mol. The fourth-order valence-corrected chi connectivity index (χ4v) is 2.76. The number of carbonyl (C=O) groups excluding carboxylic acids is 1. The van der Waals surface area contributed by atoms with Crippen LogP contribution in [0.3, 0.4) is 0 Å². The largest absolute Gasteiger partial charge is 0.322 e. The second kappa shape index (κ2) is 6.06. The van der Waals surface area contributed by atoms with Gasteiger partial charge in [0.05, 0.1) is 6.42 Å². The van der Waals surface area contributed by atoms with Gasteiger partial charge in [-0.05, 0) is 24.6 Å². The summed E-state index contributed by atoms with van der Waals surface area (Å²) in [6, 6.07) is 15.4. The zero-order chi connectivity index (χ0) is 16.4. The number of rotatable bonds is 3. The van der Waals surface area contributed by atoms with Crippen molar-refractivity contribution in [3.8, 4) is 11.1 Å². The van der Waals surface area contributed by atoms with Crippen LogP contribution in [0, 0.1) is 6.92 Å². The van der Waals surface area contributed by atoms with Crippen molar-refractivity contribution in [2.75, 3.05) is 0 Å². The van der Waals surface area contributed by atoms with Crippen LogP contribution in [0.2, 0.25) is 0 Å². The number of nitrogens with one attached hydrogen (secondary N) is 2. The highest BCUT2D eigenvalue weighted by Gasteiger charge is 2.17. The molecule has 0 spiro atoms. The molecule has 0 unspecified atom stereocenters. The third-order valence-corrected chi connectivity index (χ3v) is 3.83. The monoisotopic (exact) mass is 307 g/mol. The average Bonchev–Trinajstić information content (AvgIpc) is 2.56. The Kier molecular flexibility index (Phi) is 3.95. The smallest absolute Gasteiger partial charge is 0.252 e. The number of nitrogens with two attached hydrogens (primary N) is 1. The molecule has 5 heteroatoms. The third kappa shape index (κ3) is 2.86. The number of aryl methyl sites for hydroxylation is 1. The van der Waals surface area contributed by atoms with E-state index in [0.717, 1.165) is 27.6 Å². The first kappa shape index (κ1) is 15.0. The van der Waals surface area contributed by atoms with Crippen LogP contribution in [0.25, 0.3) is 22.0 Å². The molecule has 4 N–H and O–H groups in total. The van der Waals surface area contributed by atoms with Crippen LogP contribution in [0.5, 0.6) is 0 Å². The Morgan fingerprint density at radius 3 is 2.61 bits per heavy atom. The van der Waals surface area contributed by atoms with Crippen LogP contribution >= 0.6 is 0 Å². The molecule has 2 aromatic carbocycles. The van der Waals surface area contributed by atoms with Gasteiger partial charge in [-0.15, -0.1) is 0 Å². The van der Waals surface area contributed by atoms with Crippen molar-refractivity contribution in [2.45, 2.75) is 13.3 Å². The summed E-state index contributed by atoms with van der Waals surface area (Å²) in [6.45, 7) is 1.99. The fourth-order valence-electron chi connectivity index (χ4n) is 2.76. The molecule has 0 radical (unpaired) electrons. The maximum absolute atomic E-state index is 12.5. The number of aromatic amines is 1. The van der Waals surface area contributed by atoms with E-state index in [9.17, 15) is 9.59 Å². The fraction of sp³-hybridized carbons (Fsp3) is 0.111. The van der Waals surface area contributed by atoms with Crippen molar-refractivity contribution in [3.05, 3.63) is 70.0 Å². The van der Waals surface area contributed by atoms with E-state index in [1.165, 1.54) is 0 Å². The van der Waals surface area contributed by atoms with E-state index < -0.39 is 5.91 Å². The highest BCUT2D eigenvalue weighted by Crippen LogP contribution is 2.30. The molecule has 3 rings (SSSR count). The second-order valence-electron chi connectivity index (χ2n) is 5.47. The second-order valence-corrected chi connectivity index (χ2v) is 5.47. The van der Waals surface area contributed by atoms with Crippen molar-refractivity contribution in [2.24, 2.45) is 5.84 Å². The molecule has 0 aliphatic carbocycles. The van der Waals surface area contributed by atoms with Gasteiger partial charge in [0.25, 0.3) is 5.56 Å². The number of pyridine rings is 1. The van der Waals surface area contributed by atoms with E-state index in [0.29, 0.717) is 5.56 Å². The molecule has 0 bridgehead atoms. The lowest BCUT2D eigenvalue weighted by molar-refractivity contribution is -0.120. The van der Waals surface area contributed by atoms with Gasteiger partial charge in [0, 0.05) is 22.0 Å². The van der Waals surface area contributed by atoms with Crippen LogP contribution in [0.1, 0.15) is 11.1 Å². The van der Waals surface area contributed by atoms with Gasteiger partial charge in [0.15, 0.2) is 0 Å². The number of fused-ring (bicyclic) bond motifs is 1. The SMILES string of the molecule is Cc1ccc2[nH]c(=O)c(CC(=O)NN)c(-c3ccccc3)c2c1. The highest BCUT2D eigenvalue weighted by molar-refractivity contribution is 5.97. The molecule has 1 aromatic heterocycles. The molecular weight excluding hydrogens is 290 g/mol. The standard InChI is InChI=1S/C18H17N3O2/c1-11-7-8-15-13(9-11)17(12-5-3-2-4-6-12)14(18(23)20-15)10-16(22)21-19/h2-9H,10,19H2,1H3,(H,20,23)(H,21,22). The lowest BCUT2D eigenvalue weighted by Gasteiger charge is -2.13. The van der Waals surface area contributed by atoms with E-state index in [4.69, 9.17) is 5.84 Å². The maximum atomic E-state index is 12.5. The molecule has 0 saturated carbocycles. The summed E-state index contributed by atoms with van der Waals surface area (Å²) in [6.07, 6.45) is -0.0695. The first-order valence-corrected chi connectivity index (χ1v) is 7.30. The minimum Gasteiger partial charge on any atom is -0.322 e. The molecule has 5 nitrogen and oxygen atoms in total. The number of benzene rings is 2. The van der Waals surface area contributed by atoms with Crippen LogP contribution < -0.4 is 16.8 Å². The Labute approximate surface area is 133 Å². The number of amides is 1. The predicted octanol–water partition coefficient (Wildman–Crippen LogP) is 2.04. The highest BCUT2D eigenvalue weighted by atomic mass is 16.2. The first-order valence-electron chi connectivity index (χ1n) is 7.30. The molecule has 1 heterocycles. The Balaban J connectivity index is 2.38. The number of H-pyrrole nitrogens is 1. The summed E-state index contributed by atoms with van der Waals surface area (Å²) in [7, 11) is 0. The summed E-state index contributed by atoms with van der Waals surface area (Å²) in [5, 5.41) is 0.913. The first-order chi connectivity index (χ1) is 11.1. The summed E-state index contributed by atoms with van der Waals surface area (Å²) in [4.78, 5) is 27.1. The Bertz CT molecular complexity index is 930. The number of aromatic nitrogens is 1. The van der Waals surface area contributed by atoms with Gasteiger partial charge in [0.2, 0.25) is 5.91 Å². The zero-order valence-corrected chi connectivity index (χ0v) is 12.7. The molecule has 1 amide bonds. The van der Waals surface area contributed by atoms with Crippen molar-refractivity contribution < 1.29 is 4.79 Å². The lowest BCUT2D eigenvalue weighted by Crippen LogP contribution is -2.33. The Hall–Kier alpha value is -2.92. The topological polar surface area (TPSA) is 88.0 Å². The number of hydrazine groups is 1. The van der Waals surface area contributed by atoms with Crippen molar-refractivity contribution in [1.29, 1.82) is 0 Å². The summed E-state index contributed by atoms with van der Waals surface area (Å²) >= 11 is 0. The summed E-state index contributed by atoms with van der Waals surface area (Å²) in [5.41, 5.74) is 5.73. The van der Waals surface area contributed by atoms with Gasteiger partial charge in [-0.3, -0.25) is 15.0 Å². The minimum absolute atomic E-state index is 0.0695. The normalized spacial score (nSPS) is 10.7. The molecule has 0 saturated heterocycles. The Morgan fingerprint density at radius 1 is 1.17 bits per heavy atom. The van der Waals surface area contributed by atoms with Crippen LogP contribution in [0.15, 0.2) is 53.3 Å². The van der Waals surface area contributed by atoms with Gasteiger partial charge >= 0.3 is 0 Å². The van der Waals surface area contributed by atoms with Gasteiger partial charge < -0.3 is 4.98 Å². The van der Waals surface area contributed by atoms with E-state index in [-0.39, 0.29) is 12.0 Å². The van der Waals surface area contributed by atoms with Crippen LogP contribution in [0.4, 0.5) is 0 Å². The van der Waals surface area contributed by atoms with Gasteiger partial charge in [0.1, 0.15) is 0 Å². The van der Waals surface area contributed by atoms with Crippen molar-refractivity contribution >= 4 is 16.8 Å². The molecule has 0 aliphatic rings. The van der Waals surface area contributed by atoms with Gasteiger partial charge in [-0.2, -0.15) is 0 Å². The molecule has 116 valence electrons.